The first-order valence-corrected chi connectivity index (χ1v) is 4.20. The summed E-state index contributed by atoms with van der Waals surface area (Å²) in [4.78, 5) is 14.8. The number of carbonyl (C=O) groups is 1. The number of pyridine rings is 1. The topological polar surface area (TPSA) is 50.2 Å². The summed E-state index contributed by atoms with van der Waals surface area (Å²) in [5, 5.41) is 8.77. The predicted octanol–water partition coefficient (Wildman–Crippen LogP) is 1.54. The van der Waals surface area contributed by atoms with Crippen molar-refractivity contribution in [3.63, 3.8) is 0 Å². The average molecular weight is 230 g/mol. The fourth-order valence-corrected chi connectivity index (χ4v) is 1.25. The average Bonchev–Trinajstić information content (AvgIpc) is 2.04. The zero-order valence-electron chi connectivity index (χ0n) is 6.54. The van der Waals surface area contributed by atoms with Crippen molar-refractivity contribution in [3.05, 3.63) is 28.0 Å². The van der Waals surface area contributed by atoms with E-state index >= 15 is 0 Å². The van der Waals surface area contributed by atoms with E-state index < -0.39 is 0 Å². The highest BCUT2D eigenvalue weighted by molar-refractivity contribution is 9.10. The second-order valence-electron chi connectivity index (χ2n) is 2.37. The molecule has 0 spiro atoms. The van der Waals surface area contributed by atoms with Crippen LogP contribution in [0.25, 0.3) is 0 Å². The predicted molar refractivity (Wildman–Crippen MR) is 47.9 cm³/mol. The molecule has 3 nitrogen and oxygen atoms in total. The standard InChI is InChI=1S/C8H8BrNO2/c1-5(12)6-2-7(9)8(4-11)10-3-6/h2-3,11H,4H2,1H3. The van der Waals surface area contributed by atoms with Gasteiger partial charge in [0.25, 0.3) is 0 Å². The summed E-state index contributed by atoms with van der Waals surface area (Å²) in [5.74, 6) is -0.0345. The number of Topliss-reactive ketones (excluding diaryl/α,β-unsaturated/α-hetero) is 1. The maximum absolute atomic E-state index is 10.9. The highest BCUT2D eigenvalue weighted by atomic mass is 79.9. The van der Waals surface area contributed by atoms with E-state index in [2.05, 4.69) is 20.9 Å². The SMILES string of the molecule is CC(=O)c1cnc(CO)c(Br)c1. The van der Waals surface area contributed by atoms with Crippen LogP contribution >= 0.6 is 15.9 Å². The van der Waals surface area contributed by atoms with Crippen LogP contribution in [0.5, 0.6) is 0 Å². The van der Waals surface area contributed by atoms with E-state index in [0.29, 0.717) is 15.7 Å². The molecule has 0 bridgehead atoms. The second-order valence-corrected chi connectivity index (χ2v) is 3.22. The van der Waals surface area contributed by atoms with Gasteiger partial charge < -0.3 is 5.11 Å². The largest absolute Gasteiger partial charge is 0.390 e. The number of carbonyl (C=O) groups excluding carboxylic acids is 1. The van der Waals surface area contributed by atoms with Crippen molar-refractivity contribution in [3.8, 4) is 0 Å². The first kappa shape index (κ1) is 9.35. The third-order valence-electron chi connectivity index (χ3n) is 1.47. The molecular formula is C8H8BrNO2. The van der Waals surface area contributed by atoms with Crippen molar-refractivity contribution >= 4 is 21.7 Å². The van der Waals surface area contributed by atoms with Gasteiger partial charge in [0.1, 0.15) is 0 Å². The van der Waals surface area contributed by atoms with Crippen LogP contribution in [0.15, 0.2) is 16.7 Å². The van der Waals surface area contributed by atoms with Crippen molar-refractivity contribution < 1.29 is 9.90 Å². The minimum Gasteiger partial charge on any atom is -0.390 e. The molecule has 1 N–H and O–H groups in total. The Morgan fingerprint density at radius 3 is 2.83 bits per heavy atom. The van der Waals surface area contributed by atoms with Gasteiger partial charge in [0.15, 0.2) is 5.78 Å². The van der Waals surface area contributed by atoms with Gasteiger partial charge in [-0.25, -0.2) is 0 Å². The molecule has 0 aliphatic carbocycles. The van der Waals surface area contributed by atoms with Crippen LogP contribution in [0.2, 0.25) is 0 Å². The van der Waals surface area contributed by atoms with Crippen LogP contribution < -0.4 is 0 Å². The van der Waals surface area contributed by atoms with Gasteiger partial charge >= 0.3 is 0 Å². The number of aliphatic hydroxyl groups excluding tert-OH is 1. The van der Waals surface area contributed by atoms with E-state index in [1.807, 2.05) is 0 Å². The summed E-state index contributed by atoms with van der Waals surface area (Å²) in [5.41, 5.74) is 1.08. The molecule has 0 radical (unpaired) electrons. The van der Waals surface area contributed by atoms with Gasteiger partial charge in [-0.2, -0.15) is 0 Å². The smallest absolute Gasteiger partial charge is 0.161 e. The van der Waals surface area contributed by atoms with Gasteiger partial charge in [-0.1, -0.05) is 0 Å². The van der Waals surface area contributed by atoms with E-state index in [9.17, 15) is 4.79 Å². The fraction of sp³-hybridized carbons (Fsp3) is 0.250. The summed E-state index contributed by atoms with van der Waals surface area (Å²) in [6, 6.07) is 1.65. The molecular weight excluding hydrogens is 222 g/mol. The monoisotopic (exact) mass is 229 g/mol. The summed E-state index contributed by atoms with van der Waals surface area (Å²) in [7, 11) is 0. The van der Waals surface area contributed by atoms with Gasteiger partial charge in [0.05, 0.1) is 12.3 Å². The van der Waals surface area contributed by atoms with Crippen molar-refractivity contribution in [1.82, 2.24) is 4.98 Å². The van der Waals surface area contributed by atoms with E-state index in [1.165, 1.54) is 13.1 Å². The first-order chi connectivity index (χ1) is 5.65. The molecule has 0 aromatic carbocycles. The fourth-order valence-electron chi connectivity index (χ4n) is 0.775. The van der Waals surface area contributed by atoms with Crippen LogP contribution in [0.1, 0.15) is 23.0 Å². The lowest BCUT2D eigenvalue weighted by Crippen LogP contribution is -1.97. The Bertz CT molecular complexity index is 312. The normalized spacial score (nSPS) is 9.92. The molecule has 1 aromatic rings. The van der Waals surface area contributed by atoms with E-state index in [1.54, 1.807) is 6.07 Å². The van der Waals surface area contributed by atoms with Crippen molar-refractivity contribution in [2.45, 2.75) is 13.5 Å². The third kappa shape index (κ3) is 1.89. The third-order valence-corrected chi connectivity index (χ3v) is 2.16. The number of aromatic nitrogens is 1. The summed E-state index contributed by atoms with van der Waals surface area (Å²) >= 11 is 3.20. The number of hydrogen-bond acceptors (Lipinski definition) is 3. The molecule has 0 aliphatic heterocycles. The van der Waals surface area contributed by atoms with Gasteiger partial charge in [0, 0.05) is 16.2 Å². The van der Waals surface area contributed by atoms with Crippen LogP contribution in [0.3, 0.4) is 0 Å². The Labute approximate surface area is 78.6 Å². The zero-order valence-corrected chi connectivity index (χ0v) is 8.13. The number of hydrogen-bond donors (Lipinski definition) is 1. The minimum atomic E-state index is -0.126. The van der Waals surface area contributed by atoms with Gasteiger partial charge in [-0.15, -0.1) is 0 Å². The molecule has 0 saturated heterocycles. The Morgan fingerprint density at radius 1 is 1.75 bits per heavy atom. The van der Waals surface area contributed by atoms with E-state index in [0.717, 1.165) is 0 Å². The summed E-state index contributed by atoms with van der Waals surface area (Å²) in [6.07, 6.45) is 1.46. The number of aliphatic hydroxyl groups is 1. The molecule has 64 valence electrons. The first-order valence-electron chi connectivity index (χ1n) is 3.41. The molecule has 1 heterocycles. The molecule has 4 heteroatoms. The van der Waals surface area contributed by atoms with Crippen LogP contribution in [0, 0.1) is 0 Å². The number of nitrogens with zero attached hydrogens (tertiary/aromatic N) is 1. The minimum absolute atomic E-state index is 0.0345. The maximum Gasteiger partial charge on any atom is 0.161 e. The number of halogens is 1. The molecule has 0 aliphatic rings. The second kappa shape index (κ2) is 3.78. The summed E-state index contributed by atoms with van der Waals surface area (Å²) in [6.45, 7) is 1.35. The molecule has 0 fully saturated rings. The highest BCUT2D eigenvalue weighted by Crippen LogP contribution is 2.16. The molecule has 0 unspecified atom stereocenters. The molecule has 0 amide bonds. The Balaban J connectivity index is 3.10. The van der Waals surface area contributed by atoms with Gasteiger partial charge in [0.2, 0.25) is 0 Å². The Hall–Kier alpha value is -0.740. The van der Waals surface area contributed by atoms with Crippen molar-refractivity contribution in [2.24, 2.45) is 0 Å². The van der Waals surface area contributed by atoms with Crippen molar-refractivity contribution in [2.75, 3.05) is 0 Å². The summed E-state index contributed by atoms with van der Waals surface area (Å²) < 4.78 is 0.665. The number of ketones is 1. The molecule has 12 heavy (non-hydrogen) atoms. The molecule has 1 rings (SSSR count). The molecule has 0 saturated carbocycles. The van der Waals surface area contributed by atoms with Crippen LogP contribution in [0.4, 0.5) is 0 Å². The molecule has 1 aromatic heterocycles. The van der Waals surface area contributed by atoms with E-state index in [4.69, 9.17) is 5.11 Å². The number of rotatable bonds is 2. The lowest BCUT2D eigenvalue weighted by atomic mass is 10.2. The molecule has 0 atom stereocenters. The van der Waals surface area contributed by atoms with Crippen LogP contribution in [-0.2, 0) is 6.61 Å². The van der Waals surface area contributed by atoms with Gasteiger partial charge in [-0.3, -0.25) is 9.78 Å². The zero-order chi connectivity index (χ0) is 9.14. The Kier molecular flexibility index (Phi) is 2.94. The lowest BCUT2D eigenvalue weighted by molar-refractivity contribution is 0.101. The van der Waals surface area contributed by atoms with E-state index in [-0.39, 0.29) is 12.4 Å². The quantitative estimate of drug-likeness (QED) is 0.784. The Morgan fingerprint density at radius 2 is 2.42 bits per heavy atom. The maximum atomic E-state index is 10.9. The van der Waals surface area contributed by atoms with Crippen LogP contribution in [-0.4, -0.2) is 15.9 Å². The van der Waals surface area contributed by atoms with Crippen molar-refractivity contribution in [1.29, 1.82) is 0 Å². The highest BCUT2D eigenvalue weighted by Gasteiger charge is 2.04. The lowest BCUT2D eigenvalue weighted by Gasteiger charge is -2.00. The van der Waals surface area contributed by atoms with Gasteiger partial charge in [-0.05, 0) is 28.9 Å².